The summed E-state index contributed by atoms with van der Waals surface area (Å²) in [6.45, 7) is 8.22. The quantitative estimate of drug-likeness (QED) is 0.328. The second kappa shape index (κ2) is 11.2. The van der Waals surface area contributed by atoms with E-state index in [9.17, 15) is 18.0 Å². The topological polar surface area (TPSA) is 96.0 Å². The number of aryl methyl sites for hydroxylation is 1. The van der Waals surface area contributed by atoms with Crippen LogP contribution in [0.4, 0.5) is 4.79 Å². The molecule has 1 aliphatic rings. The first kappa shape index (κ1) is 25.5. The predicted molar refractivity (Wildman–Crippen MR) is 122 cm³/mol. The molecular weight excluding hydrogens is 438 g/mol. The van der Waals surface area contributed by atoms with Gasteiger partial charge in [-0.2, -0.15) is 12.6 Å². The van der Waals surface area contributed by atoms with E-state index in [-0.39, 0.29) is 35.8 Å². The highest BCUT2D eigenvalue weighted by Crippen LogP contribution is 2.24. The molecular formula is C21H33N3O5S2. The van der Waals surface area contributed by atoms with Crippen LogP contribution in [0.25, 0.3) is 0 Å². The Bertz CT molecular complexity index is 858. The van der Waals surface area contributed by atoms with Crippen LogP contribution in [0.3, 0.4) is 0 Å². The lowest BCUT2D eigenvalue weighted by Crippen LogP contribution is -2.54. The number of hydrogen-bond donors (Lipinski definition) is 2. The van der Waals surface area contributed by atoms with E-state index in [0.717, 1.165) is 22.8 Å². The molecule has 0 spiro atoms. The smallest absolute Gasteiger partial charge is 0.410 e. The van der Waals surface area contributed by atoms with Gasteiger partial charge in [0.1, 0.15) is 6.04 Å². The summed E-state index contributed by atoms with van der Waals surface area (Å²) in [6, 6.07) is 5.60. The third-order valence-electron chi connectivity index (χ3n) is 4.91. The van der Waals surface area contributed by atoms with Crippen molar-refractivity contribution in [2.24, 2.45) is 5.92 Å². The van der Waals surface area contributed by atoms with Crippen molar-refractivity contribution >= 4 is 34.7 Å². The molecule has 1 fully saturated rings. The highest BCUT2D eigenvalue weighted by atomic mass is 32.2. The summed E-state index contributed by atoms with van der Waals surface area (Å²) in [5.74, 6) is -0.600. The molecule has 8 nitrogen and oxygen atoms in total. The first-order valence-corrected chi connectivity index (χ1v) is 12.5. The summed E-state index contributed by atoms with van der Waals surface area (Å²) in [7, 11) is -3.96. The third-order valence-corrected chi connectivity index (χ3v) is 6.98. The van der Waals surface area contributed by atoms with E-state index < -0.39 is 28.1 Å². The maximum atomic E-state index is 13.2. The minimum atomic E-state index is -3.96. The van der Waals surface area contributed by atoms with Crippen LogP contribution in [0.1, 0.15) is 45.6 Å². The number of carbonyl (C=O) groups excluding carboxylic acids is 2. The van der Waals surface area contributed by atoms with Crippen LogP contribution in [0, 0.1) is 12.8 Å². The fourth-order valence-electron chi connectivity index (χ4n) is 3.22. The standard InChI is InChI=1S/C21H33N3O5S2/c1-5-6-11-29-21(26)23-14-17(30)12-19(23)20(25)22-24(13-15(2)3)31(27,28)18-9-7-16(4)8-10-18/h7-10,15,17,19,30H,5-6,11-14H2,1-4H3,(H,22,25)/t17-,19+/m1/s1. The van der Waals surface area contributed by atoms with Crippen LogP contribution in [-0.2, 0) is 19.6 Å². The number of thiol groups is 1. The van der Waals surface area contributed by atoms with E-state index in [0.29, 0.717) is 6.42 Å². The Morgan fingerprint density at radius 1 is 1.29 bits per heavy atom. The Morgan fingerprint density at radius 2 is 1.94 bits per heavy atom. The first-order valence-electron chi connectivity index (χ1n) is 10.6. The van der Waals surface area contributed by atoms with Gasteiger partial charge in [-0.25, -0.2) is 13.2 Å². The minimum absolute atomic E-state index is 0.0307. The van der Waals surface area contributed by atoms with Gasteiger partial charge in [-0.15, -0.1) is 4.41 Å². The predicted octanol–water partition coefficient (Wildman–Crippen LogP) is 2.98. The molecule has 0 saturated carbocycles. The van der Waals surface area contributed by atoms with Gasteiger partial charge in [0.15, 0.2) is 0 Å². The lowest BCUT2D eigenvalue weighted by Gasteiger charge is -2.28. The Labute approximate surface area is 190 Å². The Kier molecular flexibility index (Phi) is 9.20. The van der Waals surface area contributed by atoms with Gasteiger partial charge in [-0.3, -0.25) is 15.1 Å². The number of amides is 2. The number of hydrazine groups is 1. The molecule has 1 heterocycles. The molecule has 1 aromatic rings. The summed E-state index contributed by atoms with van der Waals surface area (Å²) in [5, 5.41) is -0.193. The van der Waals surface area contributed by atoms with Gasteiger partial charge in [-0.05, 0) is 37.8 Å². The summed E-state index contributed by atoms with van der Waals surface area (Å²) in [4.78, 5) is 26.9. The number of carbonyl (C=O) groups is 2. The van der Waals surface area contributed by atoms with Gasteiger partial charge < -0.3 is 4.74 Å². The number of rotatable bonds is 9. The zero-order valence-electron chi connectivity index (χ0n) is 18.6. The van der Waals surface area contributed by atoms with Gasteiger partial charge in [0.05, 0.1) is 11.5 Å². The molecule has 0 aromatic heterocycles. The second-order valence-electron chi connectivity index (χ2n) is 8.24. The molecule has 174 valence electrons. The zero-order chi connectivity index (χ0) is 23.2. The van der Waals surface area contributed by atoms with E-state index in [1.165, 1.54) is 17.0 Å². The van der Waals surface area contributed by atoms with E-state index in [1.54, 1.807) is 12.1 Å². The van der Waals surface area contributed by atoms with Crippen molar-refractivity contribution in [3.8, 4) is 0 Å². The maximum absolute atomic E-state index is 13.2. The van der Waals surface area contributed by atoms with Crippen molar-refractivity contribution in [1.82, 2.24) is 14.7 Å². The van der Waals surface area contributed by atoms with Crippen molar-refractivity contribution in [3.63, 3.8) is 0 Å². The lowest BCUT2D eigenvalue weighted by molar-refractivity contribution is -0.128. The molecule has 0 unspecified atom stereocenters. The molecule has 2 amide bonds. The highest BCUT2D eigenvalue weighted by molar-refractivity contribution is 7.89. The normalized spacial score (nSPS) is 19.1. The Balaban J connectivity index is 2.20. The minimum Gasteiger partial charge on any atom is -0.449 e. The average Bonchev–Trinajstić information content (AvgIpc) is 3.09. The summed E-state index contributed by atoms with van der Waals surface area (Å²) in [5.41, 5.74) is 3.47. The fraction of sp³-hybridized carbons (Fsp3) is 0.619. The van der Waals surface area contributed by atoms with Crippen LogP contribution in [0.5, 0.6) is 0 Å². The van der Waals surface area contributed by atoms with Crippen LogP contribution < -0.4 is 5.43 Å². The van der Waals surface area contributed by atoms with E-state index in [4.69, 9.17) is 4.74 Å². The summed E-state index contributed by atoms with van der Waals surface area (Å²) < 4.78 is 32.6. The third kappa shape index (κ3) is 6.85. The molecule has 1 aliphatic heterocycles. The number of benzene rings is 1. The molecule has 0 radical (unpaired) electrons. The number of nitrogens with zero attached hydrogens (tertiary/aromatic N) is 2. The van der Waals surface area contributed by atoms with Crippen molar-refractivity contribution < 1.29 is 22.7 Å². The monoisotopic (exact) mass is 471 g/mol. The molecule has 0 aliphatic carbocycles. The first-order chi connectivity index (χ1) is 14.6. The van der Waals surface area contributed by atoms with Gasteiger partial charge in [0.2, 0.25) is 0 Å². The zero-order valence-corrected chi connectivity index (χ0v) is 20.3. The van der Waals surface area contributed by atoms with Crippen LogP contribution in [0.2, 0.25) is 0 Å². The van der Waals surface area contributed by atoms with E-state index >= 15 is 0 Å². The van der Waals surface area contributed by atoms with Gasteiger partial charge in [0, 0.05) is 18.3 Å². The van der Waals surface area contributed by atoms with Crippen LogP contribution in [0.15, 0.2) is 29.2 Å². The largest absolute Gasteiger partial charge is 0.449 e. The van der Waals surface area contributed by atoms with Crippen molar-refractivity contribution in [2.75, 3.05) is 19.7 Å². The number of nitrogens with one attached hydrogen (secondary N) is 1. The molecule has 31 heavy (non-hydrogen) atoms. The summed E-state index contributed by atoms with van der Waals surface area (Å²) >= 11 is 4.42. The molecule has 2 rings (SSSR count). The van der Waals surface area contributed by atoms with Crippen LogP contribution in [-0.4, -0.2) is 60.7 Å². The highest BCUT2D eigenvalue weighted by Gasteiger charge is 2.41. The van der Waals surface area contributed by atoms with E-state index in [2.05, 4.69) is 18.1 Å². The number of sulfonamides is 1. The lowest BCUT2D eigenvalue weighted by atomic mass is 10.2. The number of unbranched alkanes of at least 4 members (excludes halogenated alkanes) is 1. The molecule has 10 heteroatoms. The molecule has 1 aromatic carbocycles. The van der Waals surface area contributed by atoms with Gasteiger partial charge in [-0.1, -0.05) is 44.9 Å². The van der Waals surface area contributed by atoms with Crippen molar-refractivity contribution in [2.45, 2.75) is 63.1 Å². The number of ether oxygens (including phenoxy) is 1. The Morgan fingerprint density at radius 3 is 2.52 bits per heavy atom. The second-order valence-corrected chi connectivity index (χ2v) is 10.8. The van der Waals surface area contributed by atoms with Crippen LogP contribution >= 0.6 is 12.6 Å². The number of hydrogen-bond acceptors (Lipinski definition) is 6. The summed E-state index contributed by atoms with van der Waals surface area (Å²) in [6.07, 6.45) is 1.35. The van der Waals surface area contributed by atoms with Crippen molar-refractivity contribution in [1.29, 1.82) is 0 Å². The molecule has 1 saturated heterocycles. The molecule has 0 bridgehead atoms. The molecule has 1 N–H and O–H groups in total. The van der Waals surface area contributed by atoms with Gasteiger partial charge in [0.25, 0.3) is 15.9 Å². The Hall–Kier alpha value is -1.78. The molecule has 2 atom stereocenters. The van der Waals surface area contributed by atoms with Gasteiger partial charge >= 0.3 is 6.09 Å². The van der Waals surface area contributed by atoms with E-state index in [1.807, 2.05) is 27.7 Å². The maximum Gasteiger partial charge on any atom is 0.410 e. The number of likely N-dealkylation sites (tertiary alicyclic amines) is 1. The average molecular weight is 472 g/mol. The fourth-order valence-corrected chi connectivity index (χ4v) is 5.04. The van der Waals surface area contributed by atoms with Crippen molar-refractivity contribution in [3.05, 3.63) is 29.8 Å². The SMILES string of the molecule is CCCCOC(=O)N1C[C@H](S)C[C@H]1C(=O)NN(CC(C)C)S(=O)(=O)c1ccc(C)cc1.